The minimum atomic E-state index is -0.954. The fourth-order valence-electron chi connectivity index (χ4n) is 7.53. The minimum absolute atomic E-state index is 0.0221. The van der Waals surface area contributed by atoms with Gasteiger partial charge >= 0.3 is 12.1 Å². The van der Waals surface area contributed by atoms with Crippen molar-refractivity contribution in [1.29, 1.82) is 0 Å². The number of amides is 1. The zero-order valence-electron chi connectivity index (χ0n) is 27.8. The van der Waals surface area contributed by atoms with Crippen LogP contribution < -0.4 is 9.64 Å². The van der Waals surface area contributed by atoms with Gasteiger partial charge in [-0.2, -0.15) is 9.97 Å². The predicted octanol–water partition coefficient (Wildman–Crippen LogP) is 6.42. The highest BCUT2D eigenvalue weighted by molar-refractivity contribution is 5.99. The van der Waals surface area contributed by atoms with Gasteiger partial charge in [0.15, 0.2) is 5.82 Å². The molecule has 3 atom stereocenters. The number of nitrogens with zero attached hydrogens (tertiary/aromatic N) is 7. The molecule has 3 fully saturated rings. The fraction of sp³-hybridized carbons (Fsp3) is 0.472. The Morgan fingerprint density at radius 1 is 1.10 bits per heavy atom. The van der Waals surface area contributed by atoms with Crippen molar-refractivity contribution >= 4 is 33.6 Å². The lowest BCUT2D eigenvalue weighted by Gasteiger charge is -2.40. The van der Waals surface area contributed by atoms with E-state index in [1.807, 2.05) is 4.90 Å². The van der Waals surface area contributed by atoms with Crippen LogP contribution in [0.5, 0.6) is 6.01 Å². The van der Waals surface area contributed by atoms with Crippen molar-refractivity contribution in [1.82, 2.24) is 24.8 Å². The lowest BCUT2D eigenvalue weighted by Crippen LogP contribution is -2.57. The van der Waals surface area contributed by atoms with Crippen LogP contribution in [0.15, 0.2) is 42.6 Å². The molecular weight excluding hydrogens is 635 g/mol. The third kappa shape index (κ3) is 6.18. The van der Waals surface area contributed by atoms with Crippen molar-refractivity contribution in [3.05, 3.63) is 65.6 Å². The summed E-state index contributed by atoms with van der Waals surface area (Å²) >= 11 is 0. The highest BCUT2D eigenvalue weighted by Crippen LogP contribution is 2.41. The van der Waals surface area contributed by atoms with E-state index in [-0.39, 0.29) is 54.4 Å². The van der Waals surface area contributed by atoms with Crippen LogP contribution in [0.4, 0.5) is 23.8 Å². The Morgan fingerprint density at radius 3 is 2.67 bits per heavy atom. The number of benzene rings is 2. The Bertz CT molecular complexity index is 1960. The first-order valence-corrected chi connectivity index (χ1v) is 16.6. The van der Waals surface area contributed by atoms with Gasteiger partial charge in [-0.1, -0.05) is 30.3 Å². The van der Waals surface area contributed by atoms with E-state index in [1.165, 1.54) is 12.3 Å². The van der Waals surface area contributed by atoms with E-state index in [0.29, 0.717) is 36.1 Å². The summed E-state index contributed by atoms with van der Waals surface area (Å²) in [5, 5.41) is 1.14. The summed E-state index contributed by atoms with van der Waals surface area (Å²) in [5.74, 6) is -0.938. The van der Waals surface area contributed by atoms with E-state index in [9.17, 15) is 9.18 Å². The second kappa shape index (κ2) is 12.6. The lowest BCUT2D eigenvalue weighted by atomic mass is 9.95. The van der Waals surface area contributed by atoms with Crippen LogP contribution in [0, 0.1) is 18.2 Å². The Balaban J connectivity index is 1.30. The number of carbonyl (C=O) groups excluding carboxylic acids is 1. The second-order valence-corrected chi connectivity index (χ2v) is 14.1. The van der Waals surface area contributed by atoms with Gasteiger partial charge in [0, 0.05) is 49.7 Å². The van der Waals surface area contributed by atoms with Gasteiger partial charge < -0.3 is 19.2 Å². The average Bonchev–Trinajstić information content (AvgIpc) is 3.58. The van der Waals surface area contributed by atoms with Crippen molar-refractivity contribution in [3.8, 4) is 17.3 Å². The molecule has 0 radical (unpaired) electrons. The average molecular weight is 674 g/mol. The molecule has 3 aliphatic rings. The smallest absolute Gasteiger partial charge is 0.410 e. The molecule has 0 saturated carbocycles. The Kier molecular flexibility index (Phi) is 8.47. The van der Waals surface area contributed by atoms with Crippen LogP contribution in [0.1, 0.15) is 40.0 Å². The van der Waals surface area contributed by atoms with Gasteiger partial charge in [0.25, 0.3) is 0 Å². The molecule has 2 aromatic carbocycles. The highest BCUT2D eigenvalue weighted by atomic mass is 19.1. The Morgan fingerprint density at radius 2 is 1.90 bits per heavy atom. The van der Waals surface area contributed by atoms with Crippen molar-refractivity contribution in [2.45, 2.75) is 63.4 Å². The lowest BCUT2D eigenvalue weighted by molar-refractivity contribution is 0.0155. The summed E-state index contributed by atoms with van der Waals surface area (Å²) in [4.78, 5) is 36.0. The third-order valence-corrected chi connectivity index (χ3v) is 9.70. The molecule has 5 heterocycles. The number of rotatable bonds is 6. The van der Waals surface area contributed by atoms with Gasteiger partial charge in [0.1, 0.15) is 47.3 Å². The number of aromatic nitrogens is 3. The number of hydrogen-bond acceptors (Lipinski definition) is 8. The van der Waals surface area contributed by atoms with E-state index in [2.05, 4.69) is 19.7 Å². The third-order valence-electron chi connectivity index (χ3n) is 9.70. The van der Waals surface area contributed by atoms with Crippen molar-refractivity contribution in [3.63, 3.8) is 0 Å². The first-order chi connectivity index (χ1) is 23.5. The summed E-state index contributed by atoms with van der Waals surface area (Å²) in [6.45, 7) is 15.0. The van der Waals surface area contributed by atoms with Gasteiger partial charge in [-0.3, -0.25) is 14.8 Å². The van der Waals surface area contributed by atoms with Crippen LogP contribution in [-0.2, 0) is 4.74 Å². The molecule has 256 valence electrons. The molecule has 1 amide bonds. The van der Waals surface area contributed by atoms with E-state index < -0.39 is 41.1 Å². The number of fused-ring (bicyclic) bond motifs is 3. The molecule has 0 aliphatic carbocycles. The summed E-state index contributed by atoms with van der Waals surface area (Å²) < 4.78 is 58.2. The fourth-order valence-corrected chi connectivity index (χ4v) is 7.53. The molecule has 0 N–H and O–H groups in total. The van der Waals surface area contributed by atoms with Gasteiger partial charge in [-0.25, -0.2) is 24.5 Å². The maximum atomic E-state index is 16.8. The second-order valence-electron chi connectivity index (χ2n) is 14.1. The Hall–Kier alpha value is -4.70. The maximum absolute atomic E-state index is 16.8. The first kappa shape index (κ1) is 32.8. The molecule has 49 heavy (non-hydrogen) atoms. The number of pyridine rings is 1. The van der Waals surface area contributed by atoms with Gasteiger partial charge in [0.05, 0.1) is 10.9 Å². The molecule has 2 aromatic heterocycles. The number of piperazine rings is 1. The van der Waals surface area contributed by atoms with Gasteiger partial charge in [-0.05, 0) is 51.6 Å². The van der Waals surface area contributed by atoms with E-state index in [4.69, 9.17) is 21.0 Å². The van der Waals surface area contributed by atoms with Crippen molar-refractivity contribution in [2.24, 2.45) is 0 Å². The first-order valence-electron chi connectivity index (χ1n) is 16.6. The van der Waals surface area contributed by atoms with Crippen LogP contribution in [0.25, 0.3) is 37.8 Å². The number of halogens is 3. The molecule has 4 aromatic rings. The molecule has 0 unspecified atom stereocenters. The quantitative estimate of drug-likeness (QED) is 0.217. The topological polar surface area (TPSA) is 88.3 Å². The van der Waals surface area contributed by atoms with Crippen molar-refractivity contribution < 1.29 is 27.4 Å². The normalized spacial score (nSPS) is 22.8. The molecule has 7 rings (SSSR count). The molecule has 0 bridgehead atoms. The van der Waals surface area contributed by atoms with Gasteiger partial charge in [-0.15, -0.1) is 0 Å². The molecule has 3 aliphatic heterocycles. The number of anilines is 1. The maximum Gasteiger partial charge on any atom is 0.410 e. The summed E-state index contributed by atoms with van der Waals surface area (Å²) in [6.07, 6.45) is 2.04. The molecule has 10 nitrogen and oxygen atoms in total. The van der Waals surface area contributed by atoms with Crippen LogP contribution in [0.2, 0.25) is 0 Å². The largest absolute Gasteiger partial charge is 0.461 e. The van der Waals surface area contributed by atoms with Crippen LogP contribution in [0.3, 0.4) is 0 Å². The number of hydrogen-bond donors (Lipinski definition) is 0. The van der Waals surface area contributed by atoms with E-state index >= 15 is 8.78 Å². The monoisotopic (exact) mass is 673 g/mol. The number of alkyl halides is 1. The zero-order chi connectivity index (χ0) is 34.5. The summed E-state index contributed by atoms with van der Waals surface area (Å²) in [7, 11) is 0. The SMILES string of the molecule is [C-]#[N+]C[C@H]1CN(c2nc(OC[C@@]34CCCN3C[C@H](F)C4)nc3c(F)c(-c4cccc5cccc(F)c45)ncc23)CCN1C(=O)OC(C)(C)C. The number of carbonyl (C=O) groups is 1. The standard InChI is InChI=1S/C36H38F3N7O3/c1-35(2,3)49-34(47)46-15-14-44(20-24(46)17-40-4)32-26-18-41-30(25-10-5-8-22-9-6-11-27(38)28(22)25)29(39)31(26)42-33(43-32)48-21-36-12-7-13-45(36)19-23(37)16-36/h5-6,8-11,18,23-24H,7,12-17,19-21H2,1-3H3/t23-,24+,36+/m1/s1. The van der Waals surface area contributed by atoms with Crippen molar-refractivity contribution in [2.75, 3.05) is 50.8 Å². The molecule has 0 spiro atoms. The molecule has 3 saturated heterocycles. The van der Waals surface area contributed by atoms with Crippen LogP contribution in [-0.4, -0.2) is 100 Å². The number of ether oxygens (including phenoxy) is 2. The molecular formula is C36H38F3N7O3. The highest BCUT2D eigenvalue weighted by Gasteiger charge is 2.49. The summed E-state index contributed by atoms with van der Waals surface area (Å²) in [5.41, 5.74) is -1.06. The van der Waals surface area contributed by atoms with E-state index in [1.54, 1.807) is 56.0 Å². The predicted molar refractivity (Wildman–Crippen MR) is 179 cm³/mol. The summed E-state index contributed by atoms with van der Waals surface area (Å²) in [6, 6.07) is 9.15. The molecule has 13 heteroatoms. The van der Waals surface area contributed by atoms with Crippen LogP contribution >= 0.6 is 0 Å². The van der Waals surface area contributed by atoms with Gasteiger partial charge in [0.2, 0.25) is 6.54 Å². The van der Waals surface area contributed by atoms with E-state index in [0.717, 1.165) is 19.4 Å². The minimum Gasteiger partial charge on any atom is -0.461 e. The Labute approximate surface area is 282 Å². The zero-order valence-corrected chi connectivity index (χ0v) is 27.8.